The van der Waals surface area contributed by atoms with Gasteiger partial charge in [0, 0.05) is 37.1 Å². The van der Waals surface area contributed by atoms with E-state index in [1.54, 1.807) is 36.4 Å². The summed E-state index contributed by atoms with van der Waals surface area (Å²) in [6.45, 7) is 6.17. The number of para-hydroxylation sites is 2. The zero-order valence-corrected chi connectivity index (χ0v) is 27.2. The van der Waals surface area contributed by atoms with Gasteiger partial charge in [0.05, 0.1) is 33.1 Å². The highest BCUT2D eigenvalue weighted by Gasteiger charge is 2.37. The Labute approximate surface area is 279 Å². The van der Waals surface area contributed by atoms with E-state index in [1.807, 2.05) is 60.9 Å². The van der Waals surface area contributed by atoms with Gasteiger partial charge in [-0.2, -0.15) is 9.13 Å². The van der Waals surface area contributed by atoms with Gasteiger partial charge in [-0.15, -0.1) is 0 Å². The van der Waals surface area contributed by atoms with Crippen LogP contribution >= 0.6 is 0 Å². The van der Waals surface area contributed by atoms with E-state index in [9.17, 15) is 19.8 Å². The molecule has 238 valence electrons. The lowest BCUT2D eigenvalue weighted by molar-refractivity contribution is -0.672. The molecule has 0 atom stereocenters. The maximum Gasteiger partial charge on any atom is 0.213 e. The van der Waals surface area contributed by atoms with E-state index in [0.29, 0.717) is 11.1 Å². The minimum atomic E-state index is -0.231. The molecule has 7 rings (SSSR count). The maximum absolute atomic E-state index is 13.3. The SMILES string of the molecule is CCCC[n+]1ccc(/C=C2/C(=O)C(c3ccc(C4=C(O)/C(=C\c5cc[n+](CCCC)c6ccccc56)C4=O)cc3)=C2O)c2ccccc21. The van der Waals surface area contributed by atoms with E-state index in [0.717, 1.165) is 71.7 Å². The van der Waals surface area contributed by atoms with Crippen LogP contribution in [0.4, 0.5) is 0 Å². The first-order valence-electron chi connectivity index (χ1n) is 16.7. The zero-order valence-electron chi connectivity index (χ0n) is 27.2. The number of ketones is 2. The summed E-state index contributed by atoms with van der Waals surface area (Å²) in [5.41, 5.74) is 6.08. The van der Waals surface area contributed by atoms with Crippen LogP contribution in [0.1, 0.15) is 61.8 Å². The molecule has 0 saturated heterocycles. The Kier molecular flexibility index (Phi) is 8.32. The molecule has 0 spiro atoms. The van der Waals surface area contributed by atoms with Gasteiger partial charge < -0.3 is 10.2 Å². The average Bonchev–Trinajstić information content (AvgIpc) is 3.12. The third-order valence-electron chi connectivity index (χ3n) is 9.41. The van der Waals surface area contributed by atoms with E-state index in [-0.39, 0.29) is 45.4 Å². The molecule has 2 aliphatic rings. The quantitative estimate of drug-likeness (QED) is 0.120. The summed E-state index contributed by atoms with van der Waals surface area (Å²) in [5.74, 6) is -0.550. The Morgan fingerprint density at radius 1 is 0.562 bits per heavy atom. The lowest BCUT2D eigenvalue weighted by Gasteiger charge is -2.23. The second-order valence-corrected chi connectivity index (χ2v) is 12.5. The molecule has 5 aromatic rings. The van der Waals surface area contributed by atoms with Gasteiger partial charge in [-0.05, 0) is 46.5 Å². The van der Waals surface area contributed by atoms with Crippen LogP contribution in [0.25, 0.3) is 45.1 Å². The second-order valence-electron chi connectivity index (χ2n) is 12.5. The molecule has 0 aliphatic heterocycles. The third-order valence-corrected chi connectivity index (χ3v) is 9.41. The summed E-state index contributed by atoms with van der Waals surface area (Å²) in [4.78, 5) is 26.6. The Morgan fingerprint density at radius 2 is 0.958 bits per heavy atom. The molecule has 0 saturated carbocycles. The summed E-state index contributed by atoms with van der Waals surface area (Å²) in [5, 5.41) is 24.0. The van der Waals surface area contributed by atoms with Crippen molar-refractivity contribution in [1.29, 1.82) is 0 Å². The number of hydrogen-bond acceptors (Lipinski definition) is 4. The van der Waals surface area contributed by atoms with E-state index in [2.05, 4.69) is 35.1 Å². The van der Waals surface area contributed by atoms with Crippen LogP contribution in [0.5, 0.6) is 0 Å². The van der Waals surface area contributed by atoms with Gasteiger partial charge in [0.25, 0.3) is 0 Å². The van der Waals surface area contributed by atoms with Gasteiger partial charge in [-0.1, -0.05) is 75.2 Å². The van der Waals surface area contributed by atoms with Crippen molar-refractivity contribution in [1.82, 2.24) is 0 Å². The number of aryl methyl sites for hydroxylation is 2. The molecule has 0 fully saturated rings. The van der Waals surface area contributed by atoms with Gasteiger partial charge in [-0.25, -0.2) is 0 Å². The highest BCUT2D eigenvalue weighted by molar-refractivity contribution is 6.41. The van der Waals surface area contributed by atoms with Crippen LogP contribution < -0.4 is 9.13 Å². The van der Waals surface area contributed by atoms with Crippen LogP contribution in [0, 0.1) is 0 Å². The monoisotopic (exact) mass is 634 g/mol. The molecule has 2 aliphatic carbocycles. The Balaban J connectivity index is 1.14. The molecule has 0 radical (unpaired) electrons. The molecule has 48 heavy (non-hydrogen) atoms. The van der Waals surface area contributed by atoms with Crippen molar-refractivity contribution in [3.8, 4) is 0 Å². The smallest absolute Gasteiger partial charge is 0.213 e. The number of hydrogen-bond donors (Lipinski definition) is 2. The number of nitrogens with zero attached hydrogens (tertiary/aromatic N) is 2. The van der Waals surface area contributed by atoms with Crippen molar-refractivity contribution in [2.75, 3.05) is 0 Å². The topological polar surface area (TPSA) is 82.4 Å². The summed E-state index contributed by atoms with van der Waals surface area (Å²) in [6, 6.07) is 27.0. The van der Waals surface area contributed by atoms with Gasteiger partial charge in [-0.3, -0.25) is 9.59 Å². The number of allylic oxidation sites excluding steroid dienone is 4. The van der Waals surface area contributed by atoms with Crippen molar-refractivity contribution in [2.24, 2.45) is 0 Å². The number of aliphatic hydroxyl groups excluding tert-OH is 2. The van der Waals surface area contributed by atoms with Crippen molar-refractivity contribution >= 4 is 56.7 Å². The predicted molar refractivity (Wildman–Crippen MR) is 190 cm³/mol. The fraction of sp³-hybridized carbons (Fsp3) is 0.190. The van der Waals surface area contributed by atoms with Gasteiger partial charge in [0.15, 0.2) is 12.4 Å². The summed E-state index contributed by atoms with van der Waals surface area (Å²) in [6.07, 6.45) is 11.9. The van der Waals surface area contributed by atoms with Gasteiger partial charge in [0.1, 0.15) is 24.6 Å². The average molecular weight is 635 g/mol. The van der Waals surface area contributed by atoms with E-state index >= 15 is 0 Å². The molecular weight excluding hydrogens is 596 g/mol. The van der Waals surface area contributed by atoms with Crippen molar-refractivity contribution < 1.29 is 28.9 Å². The molecule has 6 heteroatoms. The number of fused-ring (bicyclic) bond motifs is 2. The number of carbonyl (C=O) groups is 2. The summed E-state index contributed by atoms with van der Waals surface area (Å²) >= 11 is 0. The van der Waals surface area contributed by atoms with E-state index in [4.69, 9.17) is 0 Å². The first kappa shape index (κ1) is 31.0. The molecule has 2 heterocycles. The van der Waals surface area contributed by atoms with Gasteiger partial charge in [0.2, 0.25) is 22.6 Å². The number of pyridine rings is 2. The highest BCUT2D eigenvalue weighted by atomic mass is 16.3. The fourth-order valence-electron chi connectivity index (χ4n) is 6.68. The largest absolute Gasteiger partial charge is 0.506 e. The van der Waals surface area contributed by atoms with Crippen LogP contribution in [-0.4, -0.2) is 21.8 Å². The minimum absolute atomic E-state index is 0.0438. The molecule has 0 unspecified atom stereocenters. The van der Waals surface area contributed by atoms with Crippen molar-refractivity contribution in [3.05, 3.63) is 142 Å². The maximum atomic E-state index is 13.3. The molecular formula is C42H38N2O4+2. The first-order chi connectivity index (χ1) is 23.4. The Morgan fingerprint density at radius 3 is 1.33 bits per heavy atom. The minimum Gasteiger partial charge on any atom is -0.506 e. The summed E-state index contributed by atoms with van der Waals surface area (Å²) < 4.78 is 4.44. The molecule has 2 aromatic heterocycles. The number of rotatable bonds is 10. The fourth-order valence-corrected chi connectivity index (χ4v) is 6.68. The molecule has 0 bridgehead atoms. The first-order valence-corrected chi connectivity index (χ1v) is 16.7. The molecule has 3 aromatic carbocycles. The lowest BCUT2D eigenvalue weighted by Crippen LogP contribution is -2.34. The van der Waals surface area contributed by atoms with Crippen molar-refractivity contribution in [3.63, 3.8) is 0 Å². The van der Waals surface area contributed by atoms with Crippen LogP contribution in [0.3, 0.4) is 0 Å². The zero-order chi connectivity index (χ0) is 33.4. The van der Waals surface area contributed by atoms with Gasteiger partial charge >= 0.3 is 0 Å². The number of unbranched alkanes of at least 4 members (excludes halogenated alkanes) is 2. The Bertz CT molecular complexity index is 2090. The second kappa shape index (κ2) is 12.9. The van der Waals surface area contributed by atoms with Crippen LogP contribution in [0.15, 0.2) is 120 Å². The van der Waals surface area contributed by atoms with E-state index < -0.39 is 0 Å². The molecule has 0 amide bonds. The van der Waals surface area contributed by atoms with E-state index in [1.165, 1.54) is 0 Å². The lowest BCUT2D eigenvalue weighted by atomic mass is 9.80. The number of benzene rings is 3. The van der Waals surface area contributed by atoms with Crippen LogP contribution in [0.2, 0.25) is 0 Å². The van der Waals surface area contributed by atoms with Crippen molar-refractivity contribution in [2.45, 2.75) is 52.6 Å². The standard InChI is InChI=1S/C42H36N2O4/c1-3-5-21-43-23-19-29(31-11-7-9-13-35(31)43)25-33-39(45)37(40(33)46)27-15-17-28(18-16-27)38-41(47)34(42(38)48)26-30-20-24-44(22-6-4-2)36-14-10-8-12-32(30)36/h7-20,23-26H,3-6,21-22H2,1-2H3/p+2. The molecule has 6 nitrogen and oxygen atoms in total. The number of Topliss-reactive ketones (excluding diaryl/α,β-unsaturated/α-hetero) is 2. The summed E-state index contributed by atoms with van der Waals surface area (Å²) in [7, 11) is 0. The predicted octanol–water partition coefficient (Wildman–Crippen LogP) is 8.04. The normalized spacial score (nSPS) is 16.4. The molecule has 2 N–H and O–H groups in total. The Hall–Kier alpha value is -5.62. The number of aliphatic hydroxyl groups is 2. The number of carbonyl (C=O) groups excluding carboxylic acids is 2. The highest BCUT2D eigenvalue weighted by Crippen LogP contribution is 2.41. The van der Waals surface area contributed by atoms with Crippen LogP contribution in [-0.2, 0) is 22.7 Å². The third kappa shape index (κ3) is 5.33. The number of aromatic nitrogens is 2.